The van der Waals surface area contributed by atoms with E-state index in [2.05, 4.69) is 33.1 Å². The fraction of sp³-hybridized carbons (Fsp3) is 0.700. The van der Waals surface area contributed by atoms with E-state index in [0.29, 0.717) is 18.9 Å². The Bertz CT molecular complexity index is 217. The average Bonchev–Trinajstić information content (AvgIpc) is 2.63. The van der Waals surface area contributed by atoms with E-state index in [0.717, 1.165) is 24.0 Å². The molecule has 0 bridgehead atoms. The standard InChI is InChI=1S/C10H17BrN2O.ClH/c1-8(11)6-13-10(14)3-2-9-4-5-12-7-9;/h9,12H,1-7H2,(H,13,14);1H. The first-order chi connectivity index (χ1) is 6.68. The first kappa shape index (κ1) is 14.9. The van der Waals surface area contributed by atoms with Gasteiger partial charge >= 0.3 is 0 Å². The lowest BCUT2D eigenvalue weighted by Gasteiger charge is -2.07. The van der Waals surface area contributed by atoms with Crippen LogP contribution in [0.4, 0.5) is 0 Å². The van der Waals surface area contributed by atoms with E-state index < -0.39 is 0 Å². The smallest absolute Gasteiger partial charge is 0.220 e. The van der Waals surface area contributed by atoms with Gasteiger partial charge in [-0.15, -0.1) is 12.4 Å². The van der Waals surface area contributed by atoms with Gasteiger partial charge in [-0.2, -0.15) is 0 Å². The van der Waals surface area contributed by atoms with E-state index in [1.54, 1.807) is 0 Å². The highest BCUT2D eigenvalue weighted by Gasteiger charge is 2.15. The summed E-state index contributed by atoms with van der Waals surface area (Å²) in [7, 11) is 0. The Morgan fingerprint density at radius 3 is 2.87 bits per heavy atom. The van der Waals surface area contributed by atoms with Crippen LogP contribution in [0.25, 0.3) is 0 Å². The largest absolute Gasteiger partial charge is 0.352 e. The van der Waals surface area contributed by atoms with Gasteiger partial charge in [0.15, 0.2) is 0 Å². The van der Waals surface area contributed by atoms with Crippen molar-refractivity contribution in [1.29, 1.82) is 0 Å². The molecule has 5 heteroatoms. The SMILES string of the molecule is C=C(Br)CNC(=O)CCC1CCNC1.Cl. The number of carbonyl (C=O) groups excluding carboxylic acids is 1. The molecular formula is C10H18BrClN2O. The average molecular weight is 298 g/mol. The van der Waals surface area contributed by atoms with E-state index in [1.807, 2.05) is 0 Å². The Morgan fingerprint density at radius 1 is 1.60 bits per heavy atom. The molecule has 0 aliphatic carbocycles. The Morgan fingerprint density at radius 2 is 2.33 bits per heavy atom. The number of amides is 1. The van der Waals surface area contributed by atoms with Crippen LogP contribution in [0.15, 0.2) is 11.1 Å². The molecule has 3 nitrogen and oxygen atoms in total. The highest BCUT2D eigenvalue weighted by Crippen LogP contribution is 2.13. The van der Waals surface area contributed by atoms with Gasteiger partial charge in [-0.25, -0.2) is 0 Å². The van der Waals surface area contributed by atoms with Gasteiger partial charge in [-0.1, -0.05) is 22.5 Å². The minimum Gasteiger partial charge on any atom is -0.352 e. The molecule has 1 fully saturated rings. The van der Waals surface area contributed by atoms with Crippen LogP contribution in [-0.2, 0) is 4.79 Å². The predicted octanol–water partition coefficient (Wildman–Crippen LogP) is 1.82. The highest BCUT2D eigenvalue weighted by atomic mass is 79.9. The van der Waals surface area contributed by atoms with Gasteiger partial charge in [-0.3, -0.25) is 4.79 Å². The van der Waals surface area contributed by atoms with Crippen LogP contribution < -0.4 is 10.6 Å². The zero-order valence-electron chi connectivity index (χ0n) is 8.72. The number of halogens is 2. The molecule has 15 heavy (non-hydrogen) atoms. The summed E-state index contributed by atoms with van der Waals surface area (Å²) in [6, 6.07) is 0. The molecule has 1 aliphatic rings. The molecule has 0 aromatic heterocycles. The summed E-state index contributed by atoms with van der Waals surface area (Å²) in [4.78, 5) is 11.3. The quantitative estimate of drug-likeness (QED) is 0.813. The second kappa shape index (κ2) is 8.13. The van der Waals surface area contributed by atoms with E-state index in [1.165, 1.54) is 6.42 Å². The number of nitrogens with one attached hydrogen (secondary N) is 2. The third kappa shape index (κ3) is 6.93. The van der Waals surface area contributed by atoms with Gasteiger partial charge in [0.1, 0.15) is 0 Å². The van der Waals surface area contributed by atoms with Crippen molar-refractivity contribution < 1.29 is 4.79 Å². The second-order valence-electron chi connectivity index (χ2n) is 3.69. The predicted molar refractivity (Wildman–Crippen MR) is 68.5 cm³/mol. The molecule has 0 radical (unpaired) electrons. The van der Waals surface area contributed by atoms with Gasteiger partial charge in [0.2, 0.25) is 5.91 Å². The summed E-state index contributed by atoms with van der Waals surface area (Å²) in [5, 5.41) is 6.09. The number of hydrogen-bond donors (Lipinski definition) is 2. The first-order valence-corrected chi connectivity index (χ1v) is 5.78. The van der Waals surface area contributed by atoms with Crippen LogP contribution in [0.5, 0.6) is 0 Å². The van der Waals surface area contributed by atoms with Gasteiger partial charge in [0, 0.05) is 17.4 Å². The minimum absolute atomic E-state index is 0. The fourth-order valence-electron chi connectivity index (χ4n) is 1.58. The first-order valence-electron chi connectivity index (χ1n) is 4.99. The molecule has 1 heterocycles. The van der Waals surface area contributed by atoms with Crippen molar-refractivity contribution in [3.05, 3.63) is 11.1 Å². The van der Waals surface area contributed by atoms with E-state index in [-0.39, 0.29) is 18.3 Å². The van der Waals surface area contributed by atoms with E-state index in [4.69, 9.17) is 0 Å². The van der Waals surface area contributed by atoms with Gasteiger partial charge in [-0.05, 0) is 31.8 Å². The topological polar surface area (TPSA) is 41.1 Å². The molecule has 1 amide bonds. The third-order valence-electron chi connectivity index (χ3n) is 2.42. The fourth-order valence-corrected chi connectivity index (χ4v) is 1.72. The number of carbonyl (C=O) groups is 1. The summed E-state index contributed by atoms with van der Waals surface area (Å²) >= 11 is 3.20. The van der Waals surface area contributed by atoms with E-state index >= 15 is 0 Å². The lowest BCUT2D eigenvalue weighted by atomic mass is 10.0. The minimum atomic E-state index is 0. The van der Waals surface area contributed by atoms with Crippen molar-refractivity contribution in [2.75, 3.05) is 19.6 Å². The monoisotopic (exact) mass is 296 g/mol. The lowest BCUT2D eigenvalue weighted by Crippen LogP contribution is -2.24. The molecule has 0 spiro atoms. The molecule has 1 rings (SSSR count). The molecular weight excluding hydrogens is 279 g/mol. The Kier molecular flexibility index (Phi) is 8.10. The molecule has 1 unspecified atom stereocenters. The van der Waals surface area contributed by atoms with Crippen molar-refractivity contribution in [3.8, 4) is 0 Å². The van der Waals surface area contributed by atoms with Crippen LogP contribution >= 0.6 is 28.3 Å². The van der Waals surface area contributed by atoms with Crippen molar-refractivity contribution in [3.63, 3.8) is 0 Å². The molecule has 1 saturated heterocycles. The van der Waals surface area contributed by atoms with Crippen molar-refractivity contribution >= 4 is 34.2 Å². The van der Waals surface area contributed by atoms with Gasteiger partial charge < -0.3 is 10.6 Å². The normalized spacial score (nSPS) is 19.4. The molecule has 0 saturated carbocycles. The van der Waals surface area contributed by atoms with Gasteiger partial charge in [0.05, 0.1) is 0 Å². The summed E-state index contributed by atoms with van der Waals surface area (Å²) < 4.78 is 0.813. The van der Waals surface area contributed by atoms with Gasteiger partial charge in [0.25, 0.3) is 0 Å². The van der Waals surface area contributed by atoms with Crippen molar-refractivity contribution in [2.45, 2.75) is 19.3 Å². The van der Waals surface area contributed by atoms with Crippen molar-refractivity contribution in [2.24, 2.45) is 5.92 Å². The Hall–Kier alpha value is -0.0600. The Balaban J connectivity index is 0.00000196. The summed E-state index contributed by atoms with van der Waals surface area (Å²) in [5.41, 5.74) is 0. The molecule has 2 N–H and O–H groups in total. The molecule has 0 aromatic rings. The van der Waals surface area contributed by atoms with Crippen LogP contribution in [0.2, 0.25) is 0 Å². The van der Waals surface area contributed by atoms with Crippen LogP contribution in [-0.4, -0.2) is 25.5 Å². The molecule has 0 aromatic carbocycles. The molecule has 88 valence electrons. The lowest BCUT2D eigenvalue weighted by molar-refractivity contribution is -0.121. The second-order valence-corrected chi connectivity index (χ2v) is 4.81. The van der Waals surface area contributed by atoms with Crippen LogP contribution in [0.1, 0.15) is 19.3 Å². The number of hydrogen-bond acceptors (Lipinski definition) is 2. The van der Waals surface area contributed by atoms with Crippen molar-refractivity contribution in [1.82, 2.24) is 10.6 Å². The molecule has 1 atom stereocenters. The summed E-state index contributed by atoms with van der Waals surface area (Å²) in [6.45, 7) is 6.36. The maximum atomic E-state index is 11.3. The Labute approximate surface area is 106 Å². The summed E-state index contributed by atoms with van der Waals surface area (Å²) in [6.07, 6.45) is 2.83. The zero-order chi connectivity index (χ0) is 10.4. The summed E-state index contributed by atoms with van der Waals surface area (Å²) in [5.74, 6) is 0.811. The maximum absolute atomic E-state index is 11.3. The molecule has 1 aliphatic heterocycles. The number of rotatable bonds is 5. The highest BCUT2D eigenvalue weighted by molar-refractivity contribution is 9.11. The van der Waals surface area contributed by atoms with Crippen LogP contribution in [0, 0.1) is 5.92 Å². The third-order valence-corrected chi connectivity index (χ3v) is 2.70. The maximum Gasteiger partial charge on any atom is 0.220 e. The zero-order valence-corrected chi connectivity index (χ0v) is 11.1. The van der Waals surface area contributed by atoms with E-state index in [9.17, 15) is 4.79 Å². The van der Waals surface area contributed by atoms with Crippen LogP contribution in [0.3, 0.4) is 0 Å².